The van der Waals surface area contributed by atoms with Gasteiger partial charge in [0, 0.05) is 13.1 Å². The van der Waals surface area contributed by atoms with E-state index in [9.17, 15) is 0 Å². The maximum Gasteiger partial charge on any atom is 0.0233 e. The topological polar surface area (TPSA) is 15.3 Å². The second-order valence-corrected chi connectivity index (χ2v) is 5.47. The van der Waals surface area contributed by atoms with Gasteiger partial charge in [-0.2, -0.15) is 0 Å². The monoisotopic (exact) mass is 246 g/mol. The van der Waals surface area contributed by atoms with Crippen LogP contribution >= 0.6 is 0 Å². The Hall–Kier alpha value is -0.860. The van der Waals surface area contributed by atoms with Crippen molar-refractivity contribution in [2.75, 3.05) is 26.7 Å². The first kappa shape index (κ1) is 13.6. The van der Waals surface area contributed by atoms with Crippen LogP contribution in [-0.4, -0.2) is 31.6 Å². The highest BCUT2D eigenvalue weighted by molar-refractivity contribution is 5.14. The third-order valence-electron chi connectivity index (χ3n) is 3.89. The van der Waals surface area contributed by atoms with Crippen LogP contribution in [0, 0.1) is 5.92 Å². The Morgan fingerprint density at radius 2 is 2.11 bits per heavy atom. The molecule has 0 spiro atoms. The molecule has 2 nitrogen and oxygen atoms in total. The molecule has 0 bridgehead atoms. The van der Waals surface area contributed by atoms with Crippen molar-refractivity contribution in [3.8, 4) is 0 Å². The lowest BCUT2D eigenvalue weighted by Gasteiger charge is -2.32. The predicted molar refractivity (Wildman–Crippen MR) is 77.6 cm³/mol. The molecular formula is C16H26N2. The first-order valence-electron chi connectivity index (χ1n) is 7.29. The molecule has 2 heteroatoms. The van der Waals surface area contributed by atoms with Gasteiger partial charge in [-0.3, -0.25) is 4.90 Å². The summed E-state index contributed by atoms with van der Waals surface area (Å²) in [7, 11) is 2.04. The summed E-state index contributed by atoms with van der Waals surface area (Å²) >= 11 is 0. The molecule has 1 atom stereocenters. The van der Waals surface area contributed by atoms with Crippen LogP contribution in [0.3, 0.4) is 0 Å². The zero-order chi connectivity index (χ0) is 12.6. The molecule has 18 heavy (non-hydrogen) atoms. The number of nitrogens with zero attached hydrogens (tertiary/aromatic N) is 1. The van der Waals surface area contributed by atoms with Gasteiger partial charge in [-0.1, -0.05) is 30.3 Å². The summed E-state index contributed by atoms with van der Waals surface area (Å²) in [6, 6.07) is 10.9. The quantitative estimate of drug-likeness (QED) is 0.776. The van der Waals surface area contributed by atoms with Gasteiger partial charge in [-0.25, -0.2) is 0 Å². The van der Waals surface area contributed by atoms with Crippen LogP contribution in [-0.2, 0) is 6.54 Å². The molecule has 1 heterocycles. The maximum absolute atomic E-state index is 3.24. The van der Waals surface area contributed by atoms with Crippen molar-refractivity contribution in [3.05, 3.63) is 35.9 Å². The van der Waals surface area contributed by atoms with Gasteiger partial charge in [0.15, 0.2) is 0 Å². The molecule has 100 valence electrons. The molecule has 0 unspecified atom stereocenters. The summed E-state index contributed by atoms with van der Waals surface area (Å²) in [4.78, 5) is 2.63. The Labute approximate surface area is 111 Å². The summed E-state index contributed by atoms with van der Waals surface area (Å²) in [5.74, 6) is 0.913. The van der Waals surface area contributed by atoms with Crippen molar-refractivity contribution in [3.63, 3.8) is 0 Å². The molecule has 1 aliphatic rings. The first-order valence-corrected chi connectivity index (χ1v) is 7.29. The maximum atomic E-state index is 3.24. The van der Waals surface area contributed by atoms with Crippen molar-refractivity contribution in [2.45, 2.75) is 32.2 Å². The van der Waals surface area contributed by atoms with Crippen LogP contribution in [0.4, 0.5) is 0 Å². The number of hydrogen-bond donors (Lipinski definition) is 1. The molecule has 0 radical (unpaired) electrons. The van der Waals surface area contributed by atoms with Crippen molar-refractivity contribution in [1.29, 1.82) is 0 Å². The van der Waals surface area contributed by atoms with Crippen LogP contribution in [0.2, 0.25) is 0 Å². The minimum absolute atomic E-state index is 0.913. The largest absolute Gasteiger partial charge is 0.320 e. The zero-order valence-electron chi connectivity index (χ0n) is 11.6. The highest BCUT2D eigenvalue weighted by Crippen LogP contribution is 2.22. The fraction of sp³-hybridized carbons (Fsp3) is 0.625. The molecule has 1 fully saturated rings. The van der Waals surface area contributed by atoms with Crippen molar-refractivity contribution >= 4 is 0 Å². The third-order valence-corrected chi connectivity index (χ3v) is 3.89. The number of rotatable bonds is 6. The van der Waals surface area contributed by atoms with E-state index in [1.54, 1.807) is 0 Å². The minimum Gasteiger partial charge on any atom is -0.320 e. The summed E-state index contributed by atoms with van der Waals surface area (Å²) in [5, 5.41) is 3.24. The Morgan fingerprint density at radius 1 is 1.28 bits per heavy atom. The summed E-state index contributed by atoms with van der Waals surface area (Å²) < 4.78 is 0. The molecule has 0 amide bonds. The smallest absolute Gasteiger partial charge is 0.0233 e. The average Bonchev–Trinajstić information content (AvgIpc) is 2.41. The highest BCUT2D eigenvalue weighted by Gasteiger charge is 2.19. The van der Waals surface area contributed by atoms with E-state index in [1.165, 1.54) is 44.3 Å². The van der Waals surface area contributed by atoms with Gasteiger partial charge in [0.2, 0.25) is 0 Å². The van der Waals surface area contributed by atoms with Crippen LogP contribution < -0.4 is 5.32 Å². The highest BCUT2D eigenvalue weighted by atomic mass is 15.1. The van der Waals surface area contributed by atoms with Gasteiger partial charge in [0.25, 0.3) is 0 Å². The molecule has 2 rings (SSSR count). The van der Waals surface area contributed by atoms with Crippen LogP contribution in [0.5, 0.6) is 0 Å². The molecule has 0 aliphatic carbocycles. The standard InChI is InChI=1S/C16H26N2/c1-17-11-5-9-16-10-6-12-18(14-16)13-15-7-3-2-4-8-15/h2-4,7-8,16-17H,5-6,9-14H2,1H3/t16-/m1/s1. The second kappa shape index (κ2) is 7.55. The molecule has 1 aromatic carbocycles. The van der Waals surface area contributed by atoms with Crippen molar-refractivity contribution in [1.82, 2.24) is 10.2 Å². The van der Waals surface area contributed by atoms with Gasteiger partial charge in [0.1, 0.15) is 0 Å². The molecule has 0 saturated carbocycles. The lowest BCUT2D eigenvalue weighted by molar-refractivity contribution is 0.160. The predicted octanol–water partition coefficient (Wildman–Crippen LogP) is 2.90. The van der Waals surface area contributed by atoms with Crippen molar-refractivity contribution in [2.24, 2.45) is 5.92 Å². The summed E-state index contributed by atoms with van der Waals surface area (Å²) in [5.41, 5.74) is 1.45. The first-order chi connectivity index (χ1) is 8.88. The number of nitrogens with one attached hydrogen (secondary N) is 1. The summed E-state index contributed by atoms with van der Waals surface area (Å²) in [6.45, 7) is 4.86. The lowest BCUT2D eigenvalue weighted by atomic mass is 9.93. The Morgan fingerprint density at radius 3 is 2.89 bits per heavy atom. The van der Waals surface area contributed by atoms with E-state index in [4.69, 9.17) is 0 Å². The third kappa shape index (κ3) is 4.43. The fourth-order valence-corrected chi connectivity index (χ4v) is 2.94. The van der Waals surface area contributed by atoms with Crippen molar-refractivity contribution < 1.29 is 0 Å². The minimum atomic E-state index is 0.913. The average molecular weight is 246 g/mol. The number of hydrogen-bond acceptors (Lipinski definition) is 2. The van der Waals surface area contributed by atoms with E-state index in [1.807, 2.05) is 7.05 Å². The number of piperidine rings is 1. The zero-order valence-corrected chi connectivity index (χ0v) is 11.6. The van der Waals surface area contributed by atoms with E-state index >= 15 is 0 Å². The molecule has 1 aromatic rings. The fourth-order valence-electron chi connectivity index (χ4n) is 2.94. The van der Waals surface area contributed by atoms with E-state index in [0.29, 0.717) is 0 Å². The molecule has 1 N–H and O–H groups in total. The van der Waals surface area contributed by atoms with E-state index in [-0.39, 0.29) is 0 Å². The van der Waals surface area contributed by atoms with Gasteiger partial charge < -0.3 is 5.32 Å². The van der Waals surface area contributed by atoms with E-state index in [0.717, 1.165) is 19.0 Å². The molecular weight excluding hydrogens is 220 g/mol. The number of benzene rings is 1. The van der Waals surface area contributed by atoms with Gasteiger partial charge >= 0.3 is 0 Å². The lowest BCUT2D eigenvalue weighted by Crippen LogP contribution is -2.35. The van der Waals surface area contributed by atoms with E-state index < -0.39 is 0 Å². The number of likely N-dealkylation sites (tertiary alicyclic amines) is 1. The van der Waals surface area contributed by atoms with Crippen LogP contribution in [0.15, 0.2) is 30.3 Å². The normalized spacial score (nSPS) is 21.1. The Bertz CT molecular complexity index is 323. The van der Waals surface area contributed by atoms with Gasteiger partial charge in [-0.05, 0) is 57.3 Å². The molecule has 0 aromatic heterocycles. The van der Waals surface area contributed by atoms with Crippen LogP contribution in [0.25, 0.3) is 0 Å². The molecule has 1 saturated heterocycles. The van der Waals surface area contributed by atoms with Gasteiger partial charge in [-0.15, -0.1) is 0 Å². The Kier molecular flexibility index (Phi) is 5.69. The van der Waals surface area contributed by atoms with Crippen LogP contribution in [0.1, 0.15) is 31.2 Å². The Balaban J connectivity index is 1.76. The SMILES string of the molecule is CNCCC[C@@H]1CCCN(Cc2ccccc2)C1. The molecule has 1 aliphatic heterocycles. The summed E-state index contributed by atoms with van der Waals surface area (Å²) in [6.07, 6.45) is 5.50. The second-order valence-electron chi connectivity index (χ2n) is 5.47. The van der Waals surface area contributed by atoms with Gasteiger partial charge in [0.05, 0.1) is 0 Å². The van der Waals surface area contributed by atoms with E-state index in [2.05, 4.69) is 40.5 Å².